The summed E-state index contributed by atoms with van der Waals surface area (Å²) in [6, 6.07) is -0.832. The van der Waals surface area contributed by atoms with Gasteiger partial charge in [0.1, 0.15) is 6.04 Å². The lowest BCUT2D eigenvalue weighted by Gasteiger charge is -2.19. The van der Waals surface area contributed by atoms with Crippen molar-refractivity contribution < 1.29 is 14.7 Å². The van der Waals surface area contributed by atoms with Crippen LogP contribution in [-0.2, 0) is 9.59 Å². The van der Waals surface area contributed by atoms with Crippen LogP contribution in [0.25, 0.3) is 0 Å². The van der Waals surface area contributed by atoms with Crippen LogP contribution in [0, 0.1) is 5.92 Å². The Bertz CT molecular complexity index is 199. The van der Waals surface area contributed by atoms with E-state index in [9.17, 15) is 9.59 Å². The Hall–Kier alpha value is -0.810. The number of carbonyl (C=O) groups is 2. The van der Waals surface area contributed by atoms with Crippen LogP contribution < -0.4 is 11.1 Å². The van der Waals surface area contributed by atoms with Gasteiger partial charge >= 0.3 is 5.97 Å². The highest BCUT2D eigenvalue weighted by Crippen LogP contribution is 2.07. The summed E-state index contributed by atoms with van der Waals surface area (Å²) in [5.74, 6) is -1.54. The number of carboxylic acid groups (broad SMARTS) is 1. The predicted molar refractivity (Wildman–Crippen MR) is 55.3 cm³/mol. The summed E-state index contributed by atoms with van der Waals surface area (Å²) in [6.07, 6.45) is 0.696. The zero-order chi connectivity index (χ0) is 10.4. The van der Waals surface area contributed by atoms with Crippen molar-refractivity contribution in [2.45, 2.75) is 26.3 Å². The van der Waals surface area contributed by atoms with Crippen LogP contribution in [0.5, 0.6) is 0 Å². The molecule has 84 valence electrons. The molecule has 14 heavy (non-hydrogen) atoms. The molecule has 0 aromatic rings. The normalized spacial score (nSPS) is 13.6. The fourth-order valence-electron chi connectivity index (χ4n) is 0.915. The maximum Gasteiger partial charge on any atom is 0.326 e. The van der Waals surface area contributed by atoms with Crippen LogP contribution in [0.4, 0.5) is 0 Å². The molecular formula is C8H17ClN2O3. The number of carbonyl (C=O) groups excluding carboxylic acids is 1. The molecular weight excluding hydrogens is 208 g/mol. The molecule has 0 unspecified atom stereocenters. The molecule has 6 heteroatoms. The van der Waals surface area contributed by atoms with Gasteiger partial charge in [-0.2, -0.15) is 0 Å². The van der Waals surface area contributed by atoms with Crippen molar-refractivity contribution in [3.63, 3.8) is 0 Å². The minimum absolute atomic E-state index is 0. The summed E-state index contributed by atoms with van der Waals surface area (Å²) in [6.45, 7) is 3.46. The van der Waals surface area contributed by atoms with Crippen LogP contribution in [-0.4, -0.2) is 29.6 Å². The molecule has 0 aliphatic heterocycles. The van der Waals surface area contributed by atoms with Crippen molar-refractivity contribution in [1.29, 1.82) is 0 Å². The highest BCUT2D eigenvalue weighted by Gasteiger charge is 2.24. The SMILES string of the molecule is CC[C@H](C)[C@H](NC(=O)CN)C(=O)O.Cl. The van der Waals surface area contributed by atoms with Crippen molar-refractivity contribution in [3.05, 3.63) is 0 Å². The lowest BCUT2D eigenvalue weighted by molar-refractivity contribution is -0.143. The first-order valence-electron chi connectivity index (χ1n) is 4.25. The number of rotatable bonds is 5. The van der Waals surface area contributed by atoms with Gasteiger partial charge in [-0.05, 0) is 5.92 Å². The summed E-state index contributed by atoms with van der Waals surface area (Å²) in [4.78, 5) is 21.5. The van der Waals surface area contributed by atoms with Crippen LogP contribution in [0.2, 0.25) is 0 Å². The fourth-order valence-corrected chi connectivity index (χ4v) is 0.915. The number of nitrogens with one attached hydrogen (secondary N) is 1. The number of nitrogens with two attached hydrogens (primary N) is 1. The Morgan fingerprint density at radius 2 is 2.00 bits per heavy atom. The number of hydrogen-bond acceptors (Lipinski definition) is 3. The minimum Gasteiger partial charge on any atom is -0.480 e. The topological polar surface area (TPSA) is 92.4 Å². The molecule has 4 N–H and O–H groups in total. The lowest BCUT2D eigenvalue weighted by atomic mass is 9.99. The minimum atomic E-state index is -1.02. The maximum atomic E-state index is 10.8. The number of aliphatic carboxylic acids is 1. The van der Waals surface area contributed by atoms with Gasteiger partial charge in [-0.15, -0.1) is 12.4 Å². The largest absolute Gasteiger partial charge is 0.480 e. The number of amides is 1. The van der Waals surface area contributed by atoms with E-state index >= 15 is 0 Å². The maximum absolute atomic E-state index is 10.8. The Morgan fingerprint density at radius 1 is 1.50 bits per heavy atom. The van der Waals surface area contributed by atoms with E-state index in [1.54, 1.807) is 6.92 Å². The van der Waals surface area contributed by atoms with E-state index in [-0.39, 0.29) is 24.9 Å². The summed E-state index contributed by atoms with van der Waals surface area (Å²) < 4.78 is 0. The third-order valence-corrected chi connectivity index (χ3v) is 1.98. The Balaban J connectivity index is 0. The molecule has 0 aromatic heterocycles. The number of hydrogen-bond donors (Lipinski definition) is 3. The van der Waals surface area contributed by atoms with Crippen LogP contribution >= 0.6 is 12.4 Å². The smallest absolute Gasteiger partial charge is 0.326 e. The zero-order valence-corrected chi connectivity index (χ0v) is 9.13. The molecule has 0 saturated carbocycles. The monoisotopic (exact) mass is 224 g/mol. The first kappa shape index (κ1) is 15.7. The van der Waals surface area contributed by atoms with Gasteiger partial charge in [-0.25, -0.2) is 4.79 Å². The van der Waals surface area contributed by atoms with Gasteiger partial charge in [0.15, 0.2) is 0 Å². The lowest BCUT2D eigenvalue weighted by Crippen LogP contribution is -2.47. The predicted octanol–water partition coefficient (Wildman–Crippen LogP) is -0.0176. The molecule has 0 aliphatic rings. The van der Waals surface area contributed by atoms with E-state index in [1.807, 2.05) is 6.92 Å². The molecule has 0 spiro atoms. The molecule has 0 fully saturated rings. The van der Waals surface area contributed by atoms with E-state index in [1.165, 1.54) is 0 Å². The summed E-state index contributed by atoms with van der Waals surface area (Å²) in [5.41, 5.74) is 5.06. The van der Waals surface area contributed by atoms with Crippen LogP contribution in [0.15, 0.2) is 0 Å². The van der Waals surface area contributed by atoms with E-state index < -0.39 is 17.9 Å². The van der Waals surface area contributed by atoms with Gasteiger partial charge < -0.3 is 16.2 Å². The summed E-state index contributed by atoms with van der Waals surface area (Å²) >= 11 is 0. The van der Waals surface area contributed by atoms with Gasteiger partial charge in [-0.1, -0.05) is 20.3 Å². The van der Waals surface area contributed by atoms with Gasteiger partial charge in [0.05, 0.1) is 6.54 Å². The molecule has 0 heterocycles. The second kappa shape index (κ2) is 7.58. The van der Waals surface area contributed by atoms with Crippen LogP contribution in [0.1, 0.15) is 20.3 Å². The van der Waals surface area contributed by atoms with Crippen molar-refractivity contribution in [2.24, 2.45) is 11.7 Å². The Labute approximate surface area is 89.5 Å². The second-order valence-electron chi connectivity index (χ2n) is 2.97. The van der Waals surface area contributed by atoms with E-state index in [0.29, 0.717) is 6.42 Å². The molecule has 0 radical (unpaired) electrons. The van der Waals surface area contributed by atoms with Crippen molar-refractivity contribution in [3.8, 4) is 0 Å². The molecule has 5 nitrogen and oxygen atoms in total. The molecule has 0 aromatic carbocycles. The average Bonchev–Trinajstić information content (AvgIpc) is 2.11. The zero-order valence-electron chi connectivity index (χ0n) is 8.32. The average molecular weight is 225 g/mol. The standard InChI is InChI=1S/C8H16N2O3.ClH/c1-3-5(2)7(8(12)13)10-6(11)4-9;/h5,7H,3-4,9H2,1-2H3,(H,10,11)(H,12,13);1H/t5-,7-;/m0./s1. The fraction of sp³-hybridized carbons (Fsp3) is 0.750. The van der Waals surface area contributed by atoms with Gasteiger partial charge in [0.2, 0.25) is 5.91 Å². The quantitative estimate of drug-likeness (QED) is 0.612. The highest BCUT2D eigenvalue weighted by atomic mass is 35.5. The van der Waals surface area contributed by atoms with Crippen LogP contribution in [0.3, 0.4) is 0 Å². The van der Waals surface area contributed by atoms with E-state index in [0.717, 1.165) is 0 Å². The van der Waals surface area contributed by atoms with Crippen molar-refractivity contribution >= 4 is 24.3 Å². The molecule has 0 aliphatic carbocycles. The summed E-state index contributed by atoms with van der Waals surface area (Å²) in [7, 11) is 0. The van der Waals surface area contributed by atoms with E-state index in [2.05, 4.69) is 5.32 Å². The first-order valence-corrected chi connectivity index (χ1v) is 4.25. The summed E-state index contributed by atoms with van der Waals surface area (Å²) in [5, 5.41) is 11.1. The van der Waals surface area contributed by atoms with Crippen molar-refractivity contribution in [1.82, 2.24) is 5.32 Å². The number of carboxylic acids is 1. The second-order valence-corrected chi connectivity index (χ2v) is 2.97. The van der Waals surface area contributed by atoms with Gasteiger partial charge in [-0.3, -0.25) is 4.79 Å². The van der Waals surface area contributed by atoms with E-state index in [4.69, 9.17) is 10.8 Å². The Kier molecular flexibility index (Phi) is 8.48. The number of halogens is 1. The molecule has 1 amide bonds. The Morgan fingerprint density at radius 3 is 2.29 bits per heavy atom. The molecule has 0 rings (SSSR count). The molecule has 0 saturated heterocycles. The first-order chi connectivity index (χ1) is 6.02. The third kappa shape index (κ3) is 5.04. The molecule has 2 atom stereocenters. The van der Waals surface area contributed by atoms with Crippen molar-refractivity contribution in [2.75, 3.05) is 6.54 Å². The van der Waals surface area contributed by atoms with Gasteiger partial charge in [0, 0.05) is 0 Å². The third-order valence-electron chi connectivity index (χ3n) is 1.98. The van der Waals surface area contributed by atoms with Gasteiger partial charge in [0.25, 0.3) is 0 Å². The molecule has 0 bridgehead atoms. The highest BCUT2D eigenvalue weighted by molar-refractivity contribution is 5.85.